The molecule has 0 unspecified atom stereocenters. The zero-order chi connectivity index (χ0) is 18.4. The van der Waals surface area contributed by atoms with Crippen molar-refractivity contribution in [2.75, 3.05) is 31.4 Å². The van der Waals surface area contributed by atoms with Crippen LogP contribution in [0.25, 0.3) is 0 Å². The number of nitrogens with one attached hydrogen (secondary N) is 2. The zero-order valence-electron chi connectivity index (χ0n) is 15.5. The first-order chi connectivity index (χ1) is 11.8. The number of benzene rings is 2. The van der Waals surface area contributed by atoms with Gasteiger partial charge in [0.15, 0.2) is 0 Å². The Morgan fingerprint density at radius 2 is 1.72 bits per heavy atom. The molecular formula is C20H26N2O3. The molecule has 0 aliphatic heterocycles. The number of rotatable bonds is 6. The summed E-state index contributed by atoms with van der Waals surface area (Å²) in [5.74, 6) is 1.21. The van der Waals surface area contributed by atoms with Crippen LogP contribution in [0, 0.1) is 0 Å². The summed E-state index contributed by atoms with van der Waals surface area (Å²) in [4.78, 5) is 12.3. The molecule has 0 aliphatic carbocycles. The Kier molecular flexibility index (Phi) is 5.91. The van der Waals surface area contributed by atoms with Gasteiger partial charge in [-0.25, -0.2) is 0 Å². The Morgan fingerprint density at radius 1 is 1.00 bits per heavy atom. The standard InChI is InChI=1S/C20H26N2O3/c1-20(2,3)15-8-6-7-9-16(15)22-19(23)13-21-17-11-10-14(24-4)12-18(17)25-5/h6-12,21H,13H2,1-5H3,(H,22,23). The van der Waals surface area contributed by atoms with Crippen LogP contribution in [0.15, 0.2) is 42.5 Å². The van der Waals surface area contributed by atoms with E-state index in [4.69, 9.17) is 9.47 Å². The Bertz CT molecular complexity index is 736. The number of amides is 1. The molecule has 0 fully saturated rings. The number of carbonyl (C=O) groups excluding carboxylic acids is 1. The van der Waals surface area contributed by atoms with E-state index in [-0.39, 0.29) is 17.9 Å². The van der Waals surface area contributed by atoms with Crippen LogP contribution < -0.4 is 20.1 Å². The highest BCUT2D eigenvalue weighted by Crippen LogP contribution is 2.30. The lowest BCUT2D eigenvalue weighted by molar-refractivity contribution is -0.114. The van der Waals surface area contributed by atoms with E-state index in [0.29, 0.717) is 11.5 Å². The first kappa shape index (κ1) is 18.6. The fraction of sp³-hybridized carbons (Fsp3) is 0.350. The van der Waals surface area contributed by atoms with Crippen molar-refractivity contribution in [1.29, 1.82) is 0 Å². The molecule has 0 saturated carbocycles. The zero-order valence-corrected chi connectivity index (χ0v) is 15.5. The molecule has 0 aromatic heterocycles. The van der Waals surface area contributed by atoms with Crippen molar-refractivity contribution in [3.8, 4) is 11.5 Å². The van der Waals surface area contributed by atoms with Gasteiger partial charge in [0.05, 0.1) is 26.5 Å². The molecule has 25 heavy (non-hydrogen) atoms. The molecule has 0 aliphatic rings. The van der Waals surface area contributed by atoms with Gasteiger partial charge in [0, 0.05) is 11.8 Å². The molecule has 134 valence electrons. The predicted molar refractivity (Wildman–Crippen MR) is 102 cm³/mol. The van der Waals surface area contributed by atoms with Crippen LogP contribution in [0.1, 0.15) is 26.3 Å². The van der Waals surface area contributed by atoms with Crippen molar-refractivity contribution < 1.29 is 14.3 Å². The van der Waals surface area contributed by atoms with Crippen molar-refractivity contribution in [1.82, 2.24) is 0 Å². The predicted octanol–water partition coefficient (Wildman–Crippen LogP) is 4.05. The average molecular weight is 342 g/mol. The lowest BCUT2D eigenvalue weighted by Gasteiger charge is -2.23. The molecular weight excluding hydrogens is 316 g/mol. The Morgan fingerprint density at radius 3 is 2.36 bits per heavy atom. The monoisotopic (exact) mass is 342 g/mol. The topological polar surface area (TPSA) is 59.6 Å². The second-order valence-electron chi connectivity index (χ2n) is 6.76. The van der Waals surface area contributed by atoms with Crippen LogP contribution in [0.4, 0.5) is 11.4 Å². The molecule has 2 N–H and O–H groups in total. The van der Waals surface area contributed by atoms with Crippen molar-refractivity contribution in [3.05, 3.63) is 48.0 Å². The summed E-state index contributed by atoms with van der Waals surface area (Å²) in [6.07, 6.45) is 0. The number of carbonyl (C=O) groups is 1. The third kappa shape index (κ3) is 4.89. The van der Waals surface area contributed by atoms with Gasteiger partial charge < -0.3 is 20.1 Å². The van der Waals surface area contributed by atoms with E-state index >= 15 is 0 Å². The first-order valence-corrected chi connectivity index (χ1v) is 8.20. The summed E-state index contributed by atoms with van der Waals surface area (Å²) in [6.45, 7) is 6.51. The molecule has 0 bridgehead atoms. The number of hydrogen-bond donors (Lipinski definition) is 2. The van der Waals surface area contributed by atoms with Gasteiger partial charge >= 0.3 is 0 Å². The molecule has 0 heterocycles. The smallest absolute Gasteiger partial charge is 0.243 e. The Balaban J connectivity index is 2.05. The van der Waals surface area contributed by atoms with Gasteiger partial charge in [-0.15, -0.1) is 0 Å². The van der Waals surface area contributed by atoms with E-state index in [9.17, 15) is 4.79 Å². The van der Waals surface area contributed by atoms with Gasteiger partial charge in [0.1, 0.15) is 11.5 Å². The van der Waals surface area contributed by atoms with Gasteiger partial charge in [0.2, 0.25) is 5.91 Å². The highest BCUT2D eigenvalue weighted by molar-refractivity contribution is 5.94. The summed E-state index contributed by atoms with van der Waals surface area (Å²) in [7, 11) is 3.18. The minimum absolute atomic E-state index is 0.0451. The van der Waals surface area contributed by atoms with Crippen LogP contribution >= 0.6 is 0 Å². The van der Waals surface area contributed by atoms with Gasteiger partial charge in [-0.2, -0.15) is 0 Å². The fourth-order valence-electron chi connectivity index (χ4n) is 2.56. The number of ether oxygens (including phenoxy) is 2. The quantitative estimate of drug-likeness (QED) is 0.831. The van der Waals surface area contributed by atoms with Crippen molar-refractivity contribution in [3.63, 3.8) is 0 Å². The first-order valence-electron chi connectivity index (χ1n) is 8.20. The van der Waals surface area contributed by atoms with Gasteiger partial charge in [0.25, 0.3) is 0 Å². The van der Waals surface area contributed by atoms with Crippen LogP contribution in [0.3, 0.4) is 0 Å². The van der Waals surface area contributed by atoms with E-state index in [1.165, 1.54) is 0 Å². The Hall–Kier alpha value is -2.69. The molecule has 5 heteroatoms. The summed E-state index contributed by atoms with van der Waals surface area (Å²) >= 11 is 0. The van der Waals surface area contributed by atoms with E-state index in [2.05, 4.69) is 31.4 Å². The summed E-state index contributed by atoms with van der Waals surface area (Å²) in [5, 5.41) is 6.08. The maximum Gasteiger partial charge on any atom is 0.243 e. The minimum Gasteiger partial charge on any atom is -0.497 e. The van der Waals surface area contributed by atoms with Crippen molar-refractivity contribution in [2.24, 2.45) is 0 Å². The SMILES string of the molecule is COc1ccc(NCC(=O)Nc2ccccc2C(C)(C)C)c(OC)c1. The molecule has 2 rings (SSSR count). The summed E-state index contributed by atoms with van der Waals surface area (Å²) in [5.41, 5.74) is 2.63. The number of methoxy groups -OCH3 is 2. The maximum atomic E-state index is 12.3. The normalized spacial score (nSPS) is 10.9. The van der Waals surface area contributed by atoms with Gasteiger partial charge in [-0.1, -0.05) is 39.0 Å². The number of hydrogen-bond acceptors (Lipinski definition) is 4. The second-order valence-corrected chi connectivity index (χ2v) is 6.76. The van der Waals surface area contributed by atoms with E-state index < -0.39 is 0 Å². The third-order valence-corrected chi connectivity index (χ3v) is 3.86. The minimum atomic E-state index is -0.116. The van der Waals surface area contributed by atoms with Gasteiger partial charge in [-0.3, -0.25) is 4.79 Å². The molecule has 0 atom stereocenters. The molecule has 0 saturated heterocycles. The summed E-state index contributed by atoms with van der Waals surface area (Å²) < 4.78 is 10.5. The third-order valence-electron chi connectivity index (χ3n) is 3.86. The largest absolute Gasteiger partial charge is 0.497 e. The fourth-order valence-corrected chi connectivity index (χ4v) is 2.56. The van der Waals surface area contributed by atoms with E-state index in [1.54, 1.807) is 20.3 Å². The highest BCUT2D eigenvalue weighted by Gasteiger charge is 2.18. The molecule has 2 aromatic carbocycles. The maximum absolute atomic E-state index is 12.3. The molecule has 1 amide bonds. The lowest BCUT2D eigenvalue weighted by atomic mass is 9.86. The number of para-hydroxylation sites is 1. The second kappa shape index (κ2) is 7.92. The summed E-state index contributed by atoms with van der Waals surface area (Å²) in [6, 6.07) is 13.3. The van der Waals surface area contributed by atoms with E-state index in [0.717, 1.165) is 16.9 Å². The van der Waals surface area contributed by atoms with Crippen molar-refractivity contribution >= 4 is 17.3 Å². The van der Waals surface area contributed by atoms with Crippen LogP contribution in [0.2, 0.25) is 0 Å². The lowest BCUT2D eigenvalue weighted by Crippen LogP contribution is -2.24. The average Bonchev–Trinajstić information content (AvgIpc) is 2.59. The molecule has 0 radical (unpaired) electrons. The molecule has 0 spiro atoms. The van der Waals surface area contributed by atoms with Crippen molar-refractivity contribution in [2.45, 2.75) is 26.2 Å². The molecule has 5 nitrogen and oxygen atoms in total. The Labute approximate surface area is 149 Å². The van der Waals surface area contributed by atoms with Crippen LogP contribution in [0.5, 0.6) is 11.5 Å². The number of anilines is 2. The van der Waals surface area contributed by atoms with Gasteiger partial charge in [-0.05, 0) is 29.2 Å². The van der Waals surface area contributed by atoms with Crippen LogP contribution in [-0.2, 0) is 10.2 Å². The highest BCUT2D eigenvalue weighted by atomic mass is 16.5. The van der Waals surface area contributed by atoms with Crippen LogP contribution in [-0.4, -0.2) is 26.7 Å². The van der Waals surface area contributed by atoms with E-state index in [1.807, 2.05) is 36.4 Å². The molecule has 2 aromatic rings.